The van der Waals surface area contributed by atoms with Gasteiger partial charge in [0.1, 0.15) is 11.6 Å². The maximum Gasteiger partial charge on any atom is 0.416 e. The third-order valence-corrected chi connectivity index (χ3v) is 9.55. The van der Waals surface area contributed by atoms with Crippen molar-refractivity contribution >= 4 is 41.9 Å². The van der Waals surface area contributed by atoms with Crippen LogP contribution in [0.15, 0.2) is 60.7 Å². The standard InChI is InChI=1S/C34H36F4N4O2.CH5NS.CH2O2/c1-20-27(23-6-4-22(5-7-23)24-8-11-32-31(16-24)39-21(2)41(32)3)18-26(42-12-14-44-15-13-42)19-28(20)33(43)40-30-10-9-25(17-29(30)35)34(36,37)38;1-2-3;2-1-3/h4-11,16-17,20,26-28H,12-15,18-19H2,1-3H3,(H,40,43);2-3H,1H3;1H,(H,2,3)/t20-,26+,27?,28?;;/m1../s1. The van der Waals surface area contributed by atoms with Gasteiger partial charge in [0.05, 0.1) is 35.5 Å². The van der Waals surface area contributed by atoms with Gasteiger partial charge in [0.15, 0.2) is 0 Å². The number of ether oxygens (including phenoxy) is 1. The number of nitrogens with zero attached hydrogens (tertiary/aromatic N) is 3. The average molecular weight is 718 g/mol. The molecule has 2 fully saturated rings. The minimum atomic E-state index is -4.67. The molecule has 6 rings (SSSR count). The van der Waals surface area contributed by atoms with Crippen molar-refractivity contribution in [2.75, 3.05) is 38.7 Å². The zero-order chi connectivity index (χ0) is 36.6. The lowest BCUT2D eigenvalue weighted by Gasteiger charge is -2.45. The number of carbonyl (C=O) groups excluding carboxylic acids is 1. The van der Waals surface area contributed by atoms with Crippen molar-refractivity contribution in [3.8, 4) is 11.1 Å². The van der Waals surface area contributed by atoms with Crippen molar-refractivity contribution in [2.45, 2.75) is 44.8 Å². The van der Waals surface area contributed by atoms with Crippen LogP contribution in [0.4, 0.5) is 23.2 Å². The zero-order valence-electron chi connectivity index (χ0n) is 28.4. The Balaban J connectivity index is 0.000000875. The van der Waals surface area contributed by atoms with Crippen LogP contribution in [-0.2, 0) is 27.5 Å². The summed E-state index contributed by atoms with van der Waals surface area (Å²) in [5.74, 6) is -1.02. The number of aryl methyl sites for hydroxylation is 2. The number of anilines is 1. The fourth-order valence-electron chi connectivity index (χ4n) is 6.86. The molecule has 1 amide bonds. The number of carboxylic acid groups (broad SMARTS) is 1. The molecule has 1 aliphatic carbocycles. The molecule has 50 heavy (non-hydrogen) atoms. The summed E-state index contributed by atoms with van der Waals surface area (Å²) in [6.45, 7) is 6.55. The van der Waals surface area contributed by atoms with Gasteiger partial charge >= 0.3 is 6.18 Å². The van der Waals surface area contributed by atoms with Gasteiger partial charge in [0, 0.05) is 32.1 Å². The van der Waals surface area contributed by atoms with Gasteiger partial charge in [0.25, 0.3) is 6.47 Å². The Morgan fingerprint density at radius 3 is 2.26 bits per heavy atom. The highest BCUT2D eigenvalue weighted by atomic mass is 32.1. The molecule has 9 nitrogen and oxygen atoms in total. The van der Waals surface area contributed by atoms with E-state index in [2.05, 4.69) is 79.8 Å². The van der Waals surface area contributed by atoms with Gasteiger partial charge in [-0.1, -0.05) is 50.1 Å². The predicted octanol–water partition coefficient (Wildman–Crippen LogP) is 6.93. The lowest BCUT2D eigenvalue weighted by Crippen LogP contribution is -2.50. The molecule has 14 heteroatoms. The van der Waals surface area contributed by atoms with E-state index in [1.807, 2.05) is 20.9 Å². The van der Waals surface area contributed by atoms with Gasteiger partial charge in [0.2, 0.25) is 5.91 Å². The number of carbonyl (C=O) groups is 2. The van der Waals surface area contributed by atoms with Gasteiger partial charge in [-0.2, -0.15) is 13.2 Å². The van der Waals surface area contributed by atoms with E-state index < -0.39 is 23.5 Å². The Hall–Kier alpha value is -3.98. The van der Waals surface area contributed by atoms with Crippen LogP contribution in [0.3, 0.4) is 0 Å². The van der Waals surface area contributed by atoms with Crippen molar-refractivity contribution in [1.29, 1.82) is 0 Å². The van der Waals surface area contributed by atoms with Crippen LogP contribution in [0.25, 0.3) is 22.2 Å². The fourth-order valence-corrected chi connectivity index (χ4v) is 6.86. The maximum absolute atomic E-state index is 14.7. The Bertz CT molecular complexity index is 1750. The predicted molar refractivity (Wildman–Crippen MR) is 188 cm³/mol. The first kappa shape index (κ1) is 38.8. The van der Waals surface area contributed by atoms with Crippen LogP contribution in [0.5, 0.6) is 0 Å². The Labute approximate surface area is 294 Å². The van der Waals surface area contributed by atoms with E-state index in [1.165, 1.54) is 0 Å². The molecule has 0 bridgehead atoms. The summed E-state index contributed by atoms with van der Waals surface area (Å²) in [5.41, 5.74) is 3.94. The zero-order valence-corrected chi connectivity index (χ0v) is 29.3. The minimum Gasteiger partial charge on any atom is -0.483 e. The Morgan fingerprint density at radius 2 is 1.66 bits per heavy atom. The molecule has 2 heterocycles. The second kappa shape index (κ2) is 17.3. The quantitative estimate of drug-likeness (QED) is 0.101. The molecule has 270 valence electrons. The number of morpholine rings is 1. The van der Waals surface area contributed by atoms with Gasteiger partial charge < -0.3 is 19.7 Å². The summed E-state index contributed by atoms with van der Waals surface area (Å²) >= 11 is 3.54. The first-order valence-electron chi connectivity index (χ1n) is 16.2. The molecule has 4 atom stereocenters. The number of alkyl halides is 3. The number of thiol groups is 1. The summed E-state index contributed by atoms with van der Waals surface area (Å²) in [6.07, 6.45) is -3.23. The summed E-state index contributed by atoms with van der Waals surface area (Å²) in [5, 5.41) is 9.49. The van der Waals surface area contributed by atoms with Crippen molar-refractivity contribution < 1.29 is 37.0 Å². The lowest BCUT2D eigenvalue weighted by atomic mass is 9.67. The molecule has 4 aromatic rings. The third-order valence-electron chi connectivity index (χ3n) is 9.55. The van der Waals surface area contributed by atoms with Gasteiger partial charge in [-0.25, -0.2) is 9.37 Å². The second-order valence-electron chi connectivity index (χ2n) is 12.4. The molecule has 0 radical (unpaired) electrons. The number of hydrogen-bond acceptors (Lipinski definition) is 7. The first-order valence-corrected chi connectivity index (χ1v) is 16.7. The van der Waals surface area contributed by atoms with E-state index in [9.17, 15) is 22.4 Å². The molecule has 1 saturated heterocycles. The summed E-state index contributed by atoms with van der Waals surface area (Å²) in [7, 11) is 3.74. The van der Waals surface area contributed by atoms with Gasteiger partial charge in [-0.05, 0) is 85.7 Å². The Kier molecular flexibility index (Phi) is 13.4. The number of halogens is 4. The van der Waals surface area contributed by atoms with Crippen molar-refractivity contribution in [1.82, 2.24) is 19.2 Å². The van der Waals surface area contributed by atoms with Crippen LogP contribution in [-0.4, -0.2) is 71.3 Å². The van der Waals surface area contributed by atoms with Gasteiger partial charge in [-0.15, -0.1) is 0 Å². The number of aromatic nitrogens is 2. The smallest absolute Gasteiger partial charge is 0.416 e. The van der Waals surface area contributed by atoms with Crippen LogP contribution >= 0.6 is 12.8 Å². The average Bonchev–Trinajstić information content (AvgIpc) is 3.38. The van der Waals surface area contributed by atoms with Crippen LogP contribution in [0, 0.1) is 24.6 Å². The molecule has 3 aromatic carbocycles. The third kappa shape index (κ3) is 9.22. The molecule has 1 aromatic heterocycles. The molecule has 0 spiro atoms. The molecule has 2 unspecified atom stereocenters. The van der Waals surface area contributed by atoms with E-state index >= 15 is 0 Å². The molecule has 1 saturated carbocycles. The number of hydrogen-bond donors (Lipinski definition) is 4. The normalized spacial score (nSPS) is 21.0. The van der Waals surface area contributed by atoms with Crippen LogP contribution in [0.1, 0.15) is 42.6 Å². The first-order chi connectivity index (χ1) is 23.8. The maximum atomic E-state index is 14.7. The van der Waals surface area contributed by atoms with E-state index in [-0.39, 0.29) is 35.9 Å². The number of amides is 1. The second-order valence-corrected chi connectivity index (χ2v) is 12.8. The van der Waals surface area contributed by atoms with E-state index in [0.717, 1.165) is 65.2 Å². The van der Waals surface area contributed by atoms with Gasteiger partial charge in [-0.3, -0.25) is 19.2 Å². The molecule has 3 N–H and O–H groups in total. The fraction of sp³-hybridized carbons (Fsp3) is 0.417. The topological polar surface area (TPSA) is 109 Å². The summed E-state index contributed by atoms with van der Waals surface area (Å²) in [4.78, 5) is 29.0. The van der Waals surface area contributed by atoms with Crippen LogP contribution < -0.4 is 10.0 Å². The molecular formula is C36H43F4N5O4S. The van der Waals surface area contributed by atoms with Crippen LogP contribution in [0.2, 0.25) is 0 Å². The molecule has 2 aliphatic rings. The van der Waals surface area contributed by atoms with Crippen molar-refractivity contribution in [3.05, 3.63) is 83.4 Å². The highest BCUT2D eigenvalue weighted by Crippen LogP contribution is 2.44. The van der Waals surface area contributed by atoms with Crippen molar-refractivity contribution in [2.24, 2.45) is 18.9 Å². The number of fused-ring (bicyclic) bond motifs is 1. The SMILES string of the molecule is CNS.Cc1nc2cc(-c3ccc(C4C[C@H](N5CCOCC5)CC(C(=O)Nc5ccc(C(F)(F)F)cc5F)[C@@H]4C)cc3)ccc2n1C.O=CO. The highest BCUT2D eigenvalue weighted by Gasteiger charge is 2.42. The Morgan fingerprint density at radius 1 is 1.04 bits per heavy atom. The van der Waals surface area contributed by atoms with Crippen molar-refractivity contribution in [3.63, 3.8) is 0 Å². The van der Waals surface area contributed by atoms with E-state index in [1.54, 1.807) is 7.05 Å². The number of imidazole rings is 1. The molecular weight excluding hydrogens is 674 g/mol. The summed E-state index contributed by atoms with van der Waals surface area (Å²) in [6, 6.07) is 17.0. The highest BCUT2D eigenvalue weighted by molar-refractivity contribution is 7.78. The number of benzene rings is 3. The monoisotopic (exact) mass is 717 g/mol. The van der Waals surface area contributed by atoms with E-state index in [0.29, 0.717) is 25.7 Å². The minimum absolute atomic E-state index is 0.0553. The summed E-state index contributed by atoms with van der Waals surface area (Å²) < 4.78 is 63.9. The molecule has 1 aliphatic heterocycles. The number of nitrogens with one attached hydrogen (secondary N) is 2. The van der Waals surface area contributed by atoms with E-state index in [4.69, 9.17) is 14.6 Å². The number of rotatable bonds is 5. The lowest BCUT2D eigenvalue weighted by molar-refractivity contribution is -0.137. The largest absolute Gasteiger partial charge is 0.483 e.